The molecule has 0 amide bonds. The highest BCUT2D eigenvalue weighted by Gasteiger charge is 2.03. The van der Waals surface area contributed by atoms with Crippen LogP contribution in [0.25, 0.3) is 0 Å². The first-order chi connectivity index (χ1) is 8.54. The van der Waals surface area contributed by atoms with Crippen LogP contribution in [0.5, 0.6) is 5.75 Å². The third-order valence-electron chi connectivity index (χ3n) is 2.46. The van der Waals surface area contributed by atoms with Gasteiger partial charge in [0.2, 0.25) is 0 Å². The van der Waals surface area contributed by atoms with Gasteiger partial charge in [-0.25, -0.2) is 4.39 Å². The molecule has 0 atom stereocenters. The topological polar surface area (TPSA) is 35.2 Å². The monoisotopic (exact) mass is 309 g/mol. The van der Waals surface area contributed by atoms with Gasteiger partial charge in [-0.3, -0.25) is 0 Å². The first-order valence-electron chi connectivity index (χ1n) is 5.48. The molecule has 0 radical (unpaired) electrons. The summed E-state index contributed by atoms with van der Waals surface area (Å²) in [5.74, 6) is 0.375. The van der Waals surface area contributed by atoms with Crippen molar-refractivity contribution in [2.75, 3.05) is 5.73 Å². The maximum atomic E-state index is 13.1. The highest BCUT2D eigenvalue weighted by atomic mass is 79.9. The van der Waals surface area contributed by atoms with E-state index in [0.717, 1.165) is 15.8 Å². The lowest BCUT2D eigenvalue weighted by Gasteiger charge is -2.09. The Hall–Kier alpha value is -1.55. The van der Waals surface area contributed by atoms with Gasteiger partial charge in [-0.1, -0.05) is 6.07 Å². The minimum Gasteiger partial charge on any atom is -0.488 e. The van der Waals surface area contributed by atoms with Crippen LogP contribution in [0.4, 0.5) is 10.1 Å². The van der Waals surface area contributed by atoms with Crippen LogP contribution in [0.2, 0.25) is 0 Å². The molecule has 0 saturated carbocycles. The lowest BCUT2D eigenvalue weighted by Crippen LogP contribution is -1.98. The molecule has 94 valence electrons. The Morgan fingerprint density at radius 2 is 2.00 bits per heavy atom. The predicted octanol–water partition coefficient (Wildman–Crippen LogP) is 4.06. The zero-order chi connectivity index (χ0) is 13.1. The van der Waals surface area contributed by atoms with Crippen molar-refractivity contribution >= 4 is 21.6 Å². The van der Waals surface area contributed by atoms with E-state index in [4.69, 9.17) is 10.5 Å². The van der Waals surface area contributed by atoms with Crippen LogP contribution in [0.15, 0.2) is 40.9 Å². The SMILES string of the molecule is Cc1ccc(OCc2cc(N)cc(F)c2)c(Br)c1. The van der Waals surface area contributed by atoms with Gasteiger partial charge in [-0.2, -0.15) is 0 Å². The second kappa shape index (κ2) is 5.40. The van der Waals surface area contributed by atoms with Crippen LogP contribution < -0.4 is 10.5 Å². The van der Waals surface area contributed by atoms with E-state index in [1.807, 2.05) is 25.1 Å². The number of halogens is 2. The lowest BCUT2D eigenvalue weighted by molar-refractivity contribution is 0.303. The Morgan fingerprint density at radius 1 is 1.22 bits per heavy atom. The van der Waals surface area contributed by atoms with Gasteiger partial charge in [0.25, 0.3) is 0 Å². The van der Waals surface area contributed by atoms with Crippen LogP contribution in [-0.4, -0.2) is 0 Å². The minimum atomic E-state index is -0.350. The molecule has 0 aliphatic heterocycles. The van der Waals surface area contributed by atoms with Gasteiger partial charge in [-0.15, -0.1) is 0 Å². The normalized spacial score (nSPS) is 10.4. The van der Waals surface area contributed by atoms with Gasteiger partial charge in [-0.05, 0) is 64.3 Å². The zero-order valence-corrected chi connectivity index (χ0v) is 11.5. The van der Waals surface area contributed by atoms with E-state index in [2.05, 4.69) is 15.9 Å². The summed E-state index contributed by atoms with van der Waals surface area (Å²) in [7, 11) is 0. The van der Waals surface area contributed by atoms with Crippen molar-refractivity contribution in [3.63, 3.8) is 0 Å². The average Bonchev–Trinajstić information content (AvgIpc) is 2.26. The Balaban J connectivity index is 2.11. The number of benzene rings is 2. The van der Waals surface area contributed by atoms with E-state index in [1.54, 1.807) is 6.07 Å². The van der Waals surface area contributed by atoms with E-state index in [0.29, 0.717) is 11.3 Å². The van der Waals surface area contributed by atoms with Crippen LogP contribution in [0.3, 0.4) is 0 Å². The summed E-state index contributed by atoms with van der Waals surface area (Å²) in [5.41, 5.74) is 7.82. The number of nitrogens with two attached hydrogens (primary N) is 1. The van der Waals surface area contributed by atoms with Crippen molar-refractivity contribution in [1.29, 1.82) is 0 Å². The van der Waals surface area contributed by atoms with E-state index in [-0.39, 0.29) is 12.4 Å². The van der Waals surface area contributed by atoms with Crippen LogP contribution in [0.1, 0.15) is 11.1 Å². The molecule has 4 heteroatoms. The van der Waals surface area contributed by atoms with Gasteiger partial charge < -0.3 is 10.5 Å². The minimum absolute atomic E-state index is 0.281. The highest BCUT2D eigenvalue weighted by Crippen LogP contribution is 2.26. The van der Waals surface area contributed by atoms with E-state index < -0.39 is 0 Å². The predicted molar refractivity (Wildman–Crippen MR) is 74.0 cm³/mol. The molecule has 0 spiro atoms. The quantitative estimate of drug-likeness (QED) is 0.868. The molecule has 0 heterocycles. The number of rotatable bonds is 3. The van der Waals surface area contributed by atoms with Crippen molar-refractivity contribution < 1.29 is 9.13 Å². The first-order valence-corrected chi connectivity index (χ1v) is 6.28. The number of anilines is 1. The largest absolute Gasteiger partial charge is 0.488 e. The Morgan fingerprint density at radius 3 is 2.67 bits per heavy atom. The van der Waals surface area contributed by atoms with Crippen molar-refractivity contribution in [2.45, 2.75) is 13.5 Å². The number of ether oxygens (including phenoxy) is 1. The number of nitrogen functional groups attached to an aromatic ring is 1. The second-order valence-electron chi connectivity index (χ2n) is 4.12. The average molecular weight is 310 g/mol. The highest BCUT2D eigenvalue weighted by molar-refractivity contribution is 9.10. The van der Waals surface area contributed by atoms with Gasteiger partial charge in [0.05, 0.1) is 4.47 Å². The van der Waals surface area contributed by atoms with Crippen LogP contribution in [0, 0.1) is 12.7 Å². The van der Waals surface area contributed by atoms with E-state index in [1.165, 1.54) is 12.1 Å². The van der Waals surface area contributed by atoms with Gasteiger partial charge >= 0.3 is 0 Å². The fourth-order valence-electron chi connectivity index (χ4n) is 1.64. The maximum Gasteiger partial charge on any atom is 0.134 e. The Labute approximate surface area is 114 Å². The first kappa shape index (κ1) is 12.9. The van der Waals surface area contributed by atoms with E-state index >= 15 is 0 Å². The van der Waals surface area contributed by atoms with Crippen molar-refractivity contribution in [2.24, 2.45) is 0 Å². The number of aryl methyl sites for hydroxylation is 1. The molecule has 0 aromatic heterocycles. The number of hydrogen-bond donors (Lipinski definition) is 1. The van der Waals surface area contributed by atoms with Gasteiger partial charge in [0.15, 0.2) is 0 Å². The van der Waals surface area contributed by atoms with Crippen LogP contribution in [-0.2, 0) is 6.61 Å². The summed E-state index contributed by atoms with van der Waals surface area (Å²) in [6.45, 7) is 2.28. The van der Waals surface area contributed by atoms with Gasteiger partial charge in [0.1, 0.15) is 18.2 Å². The fourth-order valence-corrected chi connectivity index (χ4v) is 2.25. The van der Waals surface area contributed by atoms with Gasteiger partial charge in [0, 0.05) is 5.69 Å². The van der Waals surface area contributed by atoms with Crippen molar-refractivity contribution in [3.05, 3.63) is 57.8 Å². The van der Waals surface area contributed by atoms with Crippen molar-refractivity contribution in [3.8, 4) is 5.75 Å². The summed E-state index contributed by atoms with van der Waals surface area (Å²) in [4.78, 5) is 0. The summed E-state index contributed by atoms with van der Waals surface area (Å²) >= 11 is 3.43. The summed E-state index contributed by atoms with van der Waals surface area (Å²) in [5, 5.41) is 0. The molecule has 2 aromatic rings. The third-order valence-corrected chi connectivity index (χ3v) is 3.08. The molecule has 2 nitrogen and oxygen atoms in total. The molecular weight excluding hydrogens is 297 g/mol. The third kappa shape index (κ3) is 3.23. The van der Waals surface area contributed by atoms with Crippen molar-refractivity contribution in [1.82, 2.24) is 0 Å². The molecule has 2 N–H and O–H groups in total. The molecule has 0 aliphatic rings. The molecule has 0 bridgehead atoms. The molecule has 2 rings (SSSR count). The molecule has 18 heavy (non-hydrogen) atoms. The molecule has 0 fully saturated rings. The summed E-state index contributed by atoms with van der Waals surface area (Å²) in [6.07, 6.45) is 0. The fraction of sp³-hybridized carbons (Fsp3) is 0.143. The number of hydrogen-bond acceptors (Lipinski definition) is 2. The second-order valence-corrected chi connectivity index (χ2v) is 4.97. The molecule has 0 saturated heterocycles. The maximum absolute atomic E-state index is 13.1. The smallest absolute Gasteiger partial charge is 0.134 e. The molecular formula is C14H13BrFNO. The Kier molecular flexibility index (Phi) is 3.87. The molecule has 0 aliphatic carbocycles. The zero-order valence-electron chi connectivity index (χ0n) is 9.91. The van der Waals surface area contributed by atoms with Crippen LogP contribution >= 0.6 is 15.9 Å². The molecule has 2 aromatic carbocycles. The standard InChI is InChI=1S/C14H13BrFNO/c1-9-2-3-14(13(15)4-9)18-8-10-5-11(16)7-12(17)6-10/h2-7H,8,17H2,1H3. The Bertz CT molecular complexity index is 551. The molecule has 0 unspecified atom stereocenters. The van der Waals surface area contributed by atoms with E-state index in [9.17, 15) is 4.39 Å². The summed E-state index contributed by atoms with van der Waals surface area (Å²) < 4.78 is 19.6. The lowest BCUT2D eigenvalue weighted by atomic mass is 10.2. The summed E-state index contributed by atoms with van der Waals surface area (Å²) in [6, 6.07) is 10.2.